The minimum atomic E-state index is -0.111. The Labute approximate surface area is 167 Å². The number of carbonyl (C=O) groups is 1. The molecule has 0 aromatic rings. The van der Waals surface area contributed by atoms with Crippen molar-refractivity contribution in [2.75, 3.05) is 19.8 Å². The summed E-state index contributed by atoms with van der Waals surface area (Å²) in [7, 11) is 0. The van der Waals surface area contributed by atoms with Crippen LogP contribution in [0, 0.1) is 0 Å². The second kappa shape index (κ2) is 21.0. The van der Waals surface area contributed by atoms with Gasteiger partial charge in [-0.15, -0.1) is 0 Å². The number of rotatable bonds is 19. The van der Waals surface area contributed by atoms with Gasteiger partial charge in [-0.25, -0.2) is 0 Å². The van der Waals surface area contributed by atoms with E-state index in [1.807, 2.05) is 6.92 Å². The number of hydrogen-bond donors (Lipinski definition) is 0. The van der Waals surface area contributed by atoms with Crippen molar-refractivity contribution in [2.24, 2.45) is 0 Å². The fourth-order valence-corrected chi connectivity index (χ4v) is 2.61. The highest BCUT2D eigenvalue weighted by Gasteiger charge is 2.02. The molecule has 0 aliphatic rings. The van der Waals surface area contributed by atoms with Crippen molar-refractivity contribution in [3.05, 3.63) is 36.5 Å². The first-order valence-corrected chi connectivity index (χ1v) is 10.8. The molecule has 27 heavy (non-hydrogen) atoms. The molecule has 0 aliphatic carbocycles. The minimum absolute atomic E-state index is 0.111. The van der Waals surface area contributed by atoms with Gasteiger partial charge in [-0.3, -0.25) is 4.79 Å². The Morgan fingerprint density at radius 1 is 0.852 bits per heavy atom. The lowest BCUT2D eigenvalue weighted by Crippen LogP contribution is -2.11. The van der Waals surface area contributed by atoms with E-state index in [4.69, 9.17) is 9.47 Å². The maximum atomic E-state index is 11.6. The van der Waals surface area contributed by atoms with Gasteiger partial charge in [0.05, 0.1) is 13.2 Å². The first kappa shape index (κ1) is 25.6. The maximum Gasteiger partial charge on any atom is 0.305 e. The lowest BCUT2D eigenvalue weighted by molar-refractivity contribution is -0.145. The largest absolute Gasteiger partial charge is 0.463 e. The minimum Gasteiger partial charge on any atom is -0.463 e. The molecule has 3 nitrogen and oxygen atoms in total. The van der Waals surface area contributed by atoms with Gasteiger partial charge < -0.3 is 9.47 Å². The van der Waals surface area contributed by atoms with Gasteiger partial charge in [0.1, 0.15) is 6.61 Å². The molecule has 0 rings (SSSR count). The quantitative estimate of drug-likeness (QED) is 0.139. The molecule has 0 unspecified atom stereocenters. The van der Waals surface area contributed by atoms with Gasteiger partial charge in [0.2, 0.25) is 0 Å². The summed E-state index contributed by atoms with van der Waals surface area (Å²) in [5.41, 5.74) is 0.978. The summed E-state index contributed by atoms with van der Waals surface area (Å²) in [6.45, 7) is 9.22. The monoisotopic (exact) mass is 378 g/mol. The van der Waals surface area contributed by atoms with Gasteiger partial charge in [0.25, 0.3) is 0 Å². The second-order valence-electron chi connectivity index (χ2n) is 7.21. The summed E-state index contributed by atoms with van der Waals surface area (Å²) in [5.74, 6) is -0.111. The molecule has 0 aliphatic heterocycles. The van der Waals surface area contributed by atoms with E-state index in [9.17, 15) is 4.79 Å². The van der Waals surface area contributed by atoms with E-state index in [-0.39, 0.29) is 5.97 Å². The molecule has 3 heteroatoms. The molecule has 0 heterocycles. The molecule has 0 aromatic heterocycles. The number of carbonyl (C=O) groups excluding carboxylic acids is 1. The van der Waals surface area contributed by atoms with E-state index in [0.29, 0.717) is 26.2 Å². The van der Waals surface area contributed by atoms with Crippen LogP contribution in [0.15, 0.2) is 36.5 Å². The smallest absolute Gasteiger partial charge is 0.305 e. The SMILES string of the molecule is C=C(C)COCCOC(=O)CCCCCCC/C=C\C/C=C\CCCCC. The molecule has 0 saturated heterocycles. The van der Waals surface area contributed by atoms with Crippen LogP contribution in [0.2, 0.25) is 0 Å². The zero-order valence-electron chi connectivity index (χ0n) is 17.8. The van der Waals surface area contributed by atoms with Crippen LogP contribution >= 0.6 is 0 Å². The Kier molecular flexibility index (Phi) is 19.9. The molecule has 0 N–H and O–H groups in total. The topological polar surface area (TPSA) is 35.5 Å². The summed E-state index contributed by atoms with van der Waals surface area (Å²) < 4.78 is 10.4. The molecule has 0 spiro atoms. The fraction of sp³-hybridized carbons (Fsp3) is 0.708. The molecular formula is C24H42O3. The number of esters is 1. The van der Waals surface area contributed by atoms with Crippen LogP contribution in [-0.2, 0) is 14.3 Å². The summed E-state index contributed by atoms with van der Waals surface area (Å²) in [6.07, 6.45) is 22.8. The number of allylic oxidation sites excluding steroid dienone is 4. The Morgan fingerprint density at radius 2 is 1.48 bits per heavy atom. The van der Waals surface area contributed by atoms with Crippen LogP contribution < -0.4 is 0 Å². The summed E-state index contributed by atoms with van der Waals surface area (Å²) in [5, 5.41) is 0. The van der Waals surface area contributed by atoms with Crippen molar-refractivity contribution in [3.63, 3.8) is 0 Å². The molecular weight excluding hydrogens is 336 g/mol. The van der Waals surface area contributed by atoms with Crippen molar-refractivity contribution in [2.45, 2.75) is 90.9 Å². The third kappa shape index (κ3) is 22.6. The molecule has 156 valence electrons. The van der Waals surface area contributed by atoms with Crippen LogP contribution in [0.1, 0.15) is 90.9 Å². The predicted molar refractivity (Wildman–Crippen MR) is 116 cm³/mol. The Morgan fingerprint density at radius 3 is 2.15 bits per heavy atom. The molecule has 0 amide bonds. The van der Waals surface area contributed by atoms with Gasteiger partial charge in [-0.05, 0) is 45.4 Å². The van der Waals surface area contributed by atoms with Gasteiger partial charge in [0, 0.05) is 6.42 Å². The third-order valence-electron chi connectivity index (χ3n) is 4.17. The Bertz CT molecular complexity index is 410. The summed E-state index contributed by atoms with van der Waals surface area (Å²) in [4.78, 5) is 11.6. The molecule has 0 radical (unpaired) electrons. The average molecular weight is 379 g/mol. The fourth-order valence-electron chi connectivity index (χ4n) is 2.61. The van der Waals surface area contributed by atoms with Gasteiger partial charge >= 0.3 is 5.97 Å². The van der Waals surface area contributed by atoms with Crippen molar-refractivity contribution in [1.29, 1.82) is 0 Å². The second-order valence-corrected chi connectivity index (χ2v) is 7.21. The van der Waals surface area contributed by atoms with Gasteiger partial charge in [0.15, 0.2) is 0 Å². The average Bonchev–Trinajstić information content (AvgIpc) is 2.64. The first-order chi connectivity index (χ1) is 13.2. The Balaban J connectivity index is 3.28. The highest BCUT2D eigenvalue weighted by Crippen LogP contribution is 2.08. The van der Waals surface area contributed by atoms with Crippen molar-refractivity contribution in [1.82, 2.24) is 0 Å². The van der Waals surface area contributed by atoms with Crippen molar-refractivity contribution >= 4 is 5.97 Å². The normalized spacial score (nSPS) is 11.5. The van der Waals surface area contributed by atoms with Crippen LogP contribution in [0.3, 0.4) is 0 Å². The van der Waals surface area contributed by atoms with Crippen LogP contribution in [-0.4, -0.2) is 25.8 Å². The lowest BCUT2D eigenvalue weighted by atomic mass is 10.1. The standard InChI is InChI=1S/C24H42O3/c1-4-5-6-7-8-9-10-11-12-13-14-15-16-17-18-19-24(25)27-21-20-26-22-23(2)3/h8-9,11-12H,2,4-7,10,13-22H2,1,3H3/b9-8-,12-11-. The van der Waals surface area contributed by atoms with Crippen molar-refractivity contribution < 1.29 is 14.3 Å². The molecule has 0 fully saturated rings. The number of hydrogen-bond acceptors (Lipinski definition) is 3. The van der Waals surface area contributed by atoms with Gasteiger partial charge in [-0.1, -0.05) is 75.5 Å². The molecule has 0 atom stereocenters. The summed E-state index contributed by atoms with van der Waals surface area (Å²) in [6, 6.07) is 0. The van der Waals surface area contributed by atoms with E-state index in [2.05, 4.69) is 37.8 Å². The Hall–Kier alpha value is -1.35. The molecule has 0 bridgehead atoms. The number of ether oxygens (including phenoxy) is 2. The predicted octanol–water partition coefficient (Wildman–Crippen LogP) is 6.94. The zero-order chi connectivity index (χ0) is 20.0. The van der Waals surface area contributed by atoms with E-state index in [0.717, 1.165) is 31.3 Å². The highest BCUT2D eigenvalue weighted by molar-refractivity contribution is 5.69. The zero-order valence-corrected chi connectivity index (χ0v) is 17.8. The van der Waals surface area contributed by atoms with Crippen LogP contribution in [0.25, 0.3) is 0 Å². The van der Waals surface area contributed by atoms with E-state index in [1.54, 1.807) is 0 Å². The van der Waals surface area contributed by atoms with E-state index in [1.165, 1.54) is 44.9 Å². The number of unbranched alkanes of at least 4 members (excludes halogenated alkanes) is 8. The van der Waals surface area contributed by atoms with Gasteiger partial charge in [-0.2, -0.15) is 0 Å². The molecule has 0 saturated carbocycles. The lowest BCUT2D eigenvalue weighted by Gasteiger charge is -2.06. The first-order valence-electron chi connectivity index (χ1n) is 10.8. The third-order valence-corrected chi connectivity index (χ3v) is 4.17. The van der Waals surface area contributed by atoms with Crippen LogP contribution in [0.4, 0.5) is 0 Å². The van der Waals surface area contributed by atoms with Crippen LogP contribution in [0.5, 0.6) is 0 Å². The maximum absolute atomic E-state index is 11.6. The molecule has 0 aromatic carbocycles. The highest BCUT2D eigenvalue weighted by atomic mass is 16.6. The van der Waals surface area contributed by atoms with Crippen molar-refractivity contribution in [3.8, 4) is 0 Å². The summed E-state index contributed by atoms with van der Waals surface area (Å²) >= 11 is 0. The van der Waals surface area contributed by atoms with E-state index >= 15 is 0 Å². The van der Waals surface area contributed by atoms with E-state index < -0.39 is 0 Å².